The van der Waals surface area contributed by atoms with Gasteiger partial charge in [-0.05, 0) is 177 Å². The third kappa shape index (κ3) is 8.21. The molecule has 16 rings (SSSR count). The standard InChI is InChI=1S/C76H48N2O2S/c1-3-17-57(18-4-1)77(59-32-25-49(26-33-59)52-15-11-16-56(43-52)64-23-12-14-51-13-7-8-21-63(51)64)61-36-39-66-65-38-29-55(46-72(65)80-73(66)47-61)54-30-41-71-69(44-54)67-40-37-62(48-74(67)79-71)78(58-19-5-2-6-20-58)60-34-27-50(28-35-60)53-31-42-76-70(45-53)68-22-9-10-24-75(68)81-76/h1-48H. The number of hydrogen-bond acceptors (Lipinski definition) is 5. The number of hydrogen-bond donors (Lipinski definition) is 0. The Morgan fingerprint density at radius 1 is 0.222 bits per heavy atom. The molecule has 5 heteroatoms. The van der Waals surface area contributed by atoms with Gasteiger partial charge in [0.2, 0.25) is 0 Å². The molecule has 0 atom stereocenters. The van der Waals surface area contributed by atoms with E-state index in [0.29, 0.717) is 0 Å². The van der Waals surface area contributed by atoms with Crippen LogP contribution in [-0.4, -0.2) is 0 Å². The Hall–Kier alpha value is -10.5. The maximum absolute atomic E-state index is 6.79. The lowest BCUT2D eigenvalue weighted by atomic mass is 9.95. The molecule has 0 aliphatic rings. The van der Waals surface area contributed by atoms with E-state index in [0.717, 1.165) is 94.7 Å². The molecule has 0 radical (unpaired) electrons. The molecule has 0 amide bonds. The zero-order valence-corrected chi connectivity index (χ0v) is 44.6. The van der Waals surface area contributed by atoms with Gasteiger partial charge in [-0.3, -0.25) is 0 Å². The van der Waals surface area contributed by atoms with Crippen molar-refractivity contribution in [3.8, 4) is 44.5 Å². The second kappa shape index (κ2) is 19.2. The molecule has 3 heterocycles. The summed E-state index contributed by atoms with van der Waals surface area (Å²) >= 11 is 1.85. The fourth-order valence-corrected chi connectivity index (χ4v) is 13.2. The molecule has 0 aliphatic heterocycles. The van der Waals surface area contributed by atoms with Gasteiger partial charge in [0.1, 0.15) is 22.3 Å². The Kier molecular flexibility index (Phi) is 11.0. The van der Waals surface area contributed by atoms with Gasteiger partial charge in [0, 0.05) is 88.0 Å². The molecular weight excluding hydrogens is 1000 g/mol. The van der Waals surface area contributed by atoms with E-state index in [9.17, 15) is 0 Å². The first-order chi connectivity index (χ1) is 40.1. The highest BCUT2D eigenvalue weighted by Crippen LogP contribution is 2.44. The number of para-hydroxylation sites is 2. The lowest BCUT2D eigenvalue weighted by Gasteiger charge is -2.25. The predicted molar refractivity (Wildman–Crippen MR) is 343 cm³/mol. The van der Waals surface area contributed by atoms with Gasteiger partial charge in [-0.25, -0.2) is 0 Å². The summed E-state index contributed by atoms with van der Waals surface area (Å²) < 4.78 is 16.1. The van der Waals surface area contributed by atoms with Crippen LogP contribution in [0.15, 0.2) is 300 Å². The molecule has 0 N–H and O–H groups in total. The average Bonchev–Trinajstić information content (AvgIpc) is 4.31. The zero-order chi connectivity index (χ0) is 53.4. The normalized spacial score (nSPS) is 11.7. The Morgan fingerprint density at radius 2 is 0.667 bits per heavy atom. The van der Waals surface area contributed by atoms with Crippen LogP contribution >= 0.6 is 11.3 Å². The Labute approximate surface area is 471 Å². The molecular formula is C76H48N2O2S. The van der Waals surface area contributed by atoms with Gasteiger partial charge in [-0.1, -0.05) is 158 Å². The summed E-state index contributed by atoms with van der Waals surface area (Å²) in [5, 5.41) is 9.40. The predicted octanol–water partition coefficient (Wildman–Crippen LogP) is 22.6. The first-order valence-electron chi connectivity index (χ1n) is 27.4. The van der Waals surface area contributed by atoms with Crippen molar-refractivity contribution in [2.45, 2.75) is 0 Å². The minimum Gasteiger partial charge on any atom is -0.456 e. The van der Waals surface area contributed by atoms with E-state index in [4.69, 9.17) is 8.83 Å². The SMILES string of the molecule is c1ccc(N(c2ccc(-c3cccc(-c4cccc5ccccc45)c3)cc2)c2ccc3c(c2)oc2cc(-c4ccc5oc6cc(N(c7ccccc7)c7ccc(-c8ccc9sc%10ccccc%10c9c8)cc7)ccc6c5c4)ccc23)cc1. The summed E-state index contributed by atoms with van der Waals surface area (Å²) in [6, 6.07) is 105. The Bertz CT molecular complexity index is 5050. The van der Waals surface area contributed by atoms with Crippen LogP contribution in [-0.2, 0) is 0 Å². The van der Waals surface area contributed by atoms with Crippen LogP contribution in [0, 0.1) is 0 Å². The molecule has 0 saturated heterocycles. The van der Waals surface area contributed by atoms with Gasteiger partial charge in [0.15, 0.2) is 0 Å². The van der Waals surface area contributed by atoms with Crippen LogP contribution in [0.1, 0.15) is 0 Å². The van der Waals surface area contributed by atoms with E-state index in [-0.39, 0.29) is 0 Å². The minimum absolute atomic E-state index is 0.833. The summed E-state index contributed by atoms with van der Waals surface area (Å²) in [7, 11) is 0. The largest absolute Gasteiger partial charge is 0.456 e. The number of fused-ring (bicyclic) bond motifs is 10. The van der Waals surface area contributed by atoms with E-state index in [2.05, 4.69) is 301 Å². The van der Waals surface area contributed by atoms with Crippen molar-refractivity contribution in [3.63, 3.8) is 0 Å². The zero-order valence-electron chi connectivity index (χ0n) is 43.8. The topological polar surface area (TPSA) is 32.8 Å². The summed E-state index contributed by atoms with van der Waals surface area (Å²) in [5.74, 6) is 0. The number of anilines is 6. The fourth-order valence-electron chi connectivity index (χ4n) is 12.1. The maximum Gasteiger partial charge on any atom is 0.137 e. The molecule has 0 bridgehead atoms. The smallest absolute Gasteiger partial charge is 0.137 e. The van der Waals surface area contributed by atoms with Crippen LogP contribution in [0.5, 0.6) is 0 Å². The van der Waals surface area contributed by atoms with E-state index in [1.54, 1.807) is 0 Å². The van der Waals surface area contributed by atoms with Crippen LogP contribution in [0.4, 0.5) is 34.1 Å². The van der Waals surface area contributed by atoms with Crippen molar-refractivity contribution < 1.29 is 8.83 Å². The van der Waals surface area contributed by atoms with Crippen molar-refractivity contribution in [2.24, 2.45) is 0 Å². The number of furan rings is 2. The second-order valence-corrected chi connectivity index (χ2v) is 21.9. The van der Waals surface area contributed by atoms with E-state index >= 15 is 0 Å². The summed E-state index contributed by atoms with van der Waals surface area (Å²) in [6.45, 7) is 0. The van der Waals surface area contributed by atoms with E-state index in [1.807, 2.05) is 11.3 Å². The van der Waals surface area contributed by atoms with Crippen molar-refractivity contribution in [3.05, 3.63) is 291 Å². The quantitative estimate of drug-likeness (QED) is 0.137. The van der Waals surface area contributed by atoms with Crippen LogP contribution in [0.3, 0.4) is 0 Å². The molecule has 16 aromatic rings. The molecule has 380 valence electrons. The van der Waals surface area contributed by atoms with Gasteiger partial charge in [-0.2, -0.15) is 0 Å². The maximum atomic E-state index is 6.79. The highest BCUT2D eigenvalue weighted by Gasteiger charge is 2.20. The van der Waals surface area contributed by atoms with E-state index in [1.165, 1.54) is 58.8 Å². The molecule has 0 spiro atoms. The van der Waals surface area contributed by atoms with Gasteiger partial charge in [-0.15, -0.1) is 11.3 Å². The fraction of sp³-hybridized carbons (Fsp3) is 0. The molecule has 3 aromatic heterocycles. The van der Waals surface area contributed by atoms with Crippen LogP contribution in [0.25, 0.3) is 119 Å². The molecule has 0 aliphatic carbocycles. The third-order valence-corrected chi connectivity index (χ3v) is 17.2. The Morgan fingerprint density at radius 3 is 1.37 bits per heavy atom. The molecule has 0 unspecified atom stereocenters. The van der Waals surface area contributed by atoms with Crippen molar-refractivity contribution in [1.82, 2.24) is 0 Å². The third-order valence-electron chi connectivity index (χ3n) is 16.0. The molecule has 0 fully saturated rings. The molecule has 4 nitrogen and oxygen atoms in total. The average molecular weight is 1050 g/mol. The molecule has 0 saturated carbocycles. The van der Waals surface area contributed by atoms with Crippen molar-refractivity contribution in [2.75, 3.05) is 9.80 Å². The van der Waals surface area contributed by atoms with Gasteiger partial charge >= 0.3 is 0 Å². The van der Waals surface area contributed by atoms with Crippen LogP contribution in [0.2, 0.25) is 0 Å². The van der Waals surface area contributed by atoms with Crippen molar-refractivity contribution in [1.29, 1.82) is 0 Å². The van der Waals surface area contributed by atoms with E-state index < -0.39 is 0 Å². The minimum atomic E-state index is 0.833. The molecule has 13 aromatic carbocycles. The summed E-state index contributed by atoms with van der Waals surface area (Å²) in [4.78, 5) is 4.60. The lowest BCUT2D eigenvalue weighted by Crippen LogP contribution is -2.09. The Balaban J connectivity index is 0.695. The van der Waals surface area contributed by atoms with Gasteiger partial charge in [0.05, 0.1) is 0 Å². The lowest BCUT2D eigenvalue weighted by molar-refractivity contribution is 0.669. The number of rotatable bonds is 10. The van der Waals surface area contributed by atoms with Gasteiger partial charge in [0.25, 0.3) is 0 Å². The first kappa shape index (κ1) is 46.6. The summed E-state index contributed by atoms with van der Waals surface area (Å²) in [5.41, 5.74) is 19.0. The number of benzene rings is 13. The highest BCUT2D eigenvalue weighted by atomic mass is 32.1. The summed E-state index contributed by atoms with van der Waals surface area (Å²) in [6.07, 6.45) is 0. The first-order valence-corrected chi connectivity index (χ1v) is 28.3. The number of thiophene rings is 1. The van der Waals surface area contributed by atoms with Crippen LogP contribution < -0.4 is 9.80 Å². The molecule has 81 heavy (non-hydrogen) atoms. The highest BCUT2D eigenvalue weighted by molar-refractivity contribution is 7.25. The second-order valence-electron chi connectivity index (χ2n) is 20.8. The van der Waals surface area contributed by atoms with Crippen molar-refractivity contribution >= 4 is 120 Å². The monoisotopic (exact) mass is 1050 g/mol. The van der Waals surface area contributed by atoms with Gasteiger partial charge < -0.3 is 18.6 Å². The number of nitrogens with zero attached hydrogens (tertiary/aromatic N) is 2.